The molecule has 0 fully saturated rings. The first-order valence-corrected chi connectivity index (χ1v) is 4.73. The Kier molecular flexibility index (Phi) is 3.11. The number of hydrogen-bond acceptors (Lipinski definition) is 5. The van der Waals surface area contributed by atoms with Gasteiger partial charge >= 0.3 is 0 Å². The summed E-state index contributed by atoms with van der Waals surface area (Å²) in [4.78, 5) is 15.3. The quantitative estimate of drug-likeness (QED) is 0.748. The number of hydrogen-bond donors (Lipinski definition) is 0. The molecule has 2 rings (SSSR count). The Morgan fingerprint density at radius 2 is 2.44 bits per heavy atom. The lowest BCUT2D eigenvalue weighted by molar-refractivity contribution is 0.155. The molecule has 0 aliphatic heterocycles. The molecular formula is C10H11N3O3. The van der Waals surface area contributed by atoms with Gasteiger partial charge in [0.15, 0.2) is 5.76 Å². The van der Waals surface area contributed by atoms with E-state index >= 15 is 0 Å². The maximum Gasteiger partial charge on any atom is 0.253 e. The summed E-state index contributed by atoms with van der Waals surface area (Å²) in [6.45, 7) is 0.717. The predicted octanol–water partition coefficient (Wildman–Crippen LogP) is 0.426. The van der Waals surface area contributed by atoms with Crippen LogP contribution in [0.5, 0.6) is 0 Å². The van der Waals surface area contributed by atoms with E-state index in [1.54, 1.807) is 13.2 Å². The van der Waals surface area contributed by atoms with Gasteiger partial charge in [-0.3, -0.25) is 9.36 Å². The average Bonchev–Trinajstić information content (AvgIpc) is 2.70. The van der Waals surface area contributed by atoms with E-state index in [1.807, 2.05) is 0 Å². The maximum atomic E-state index is 11.4. The van der Waals surface area contributed by atoms with Gasteiger partial charge in [-0.25, -0.2) is 4.98 Å². The molecule has 0 N–H and O–H groups in total. The molecule has 84 valence electrons. The molecule has 0 unspecified atom stereocenters. The zero-order valence-corrected chi connectivity index (χ0v) is 8.79. The first-order chi connectivity index (χ1) is 7.79. The Morgan fingerprint density at radius 1 is 1.56 bits per heavy atom. The van der Waals surface area contributed by atoms with E-state index in [1.165, 1.54) is 23.2 Å². The van der Waals surface area contributed by atoms with Crippen molar-refractivity contribution in [3.05, 3.63) is 46.5 Å². The van der Waals surface area contributed by atoms with Crippen LogP contribution < -0.4 is 5.56 Å². The summed E-state index contributed by atoms with van der Waals surface area (Å²) in [5, 5.41) is 3.83. The molecule has 2 aromatic heterocycles. The normalized spacial score (nSPS) is 10.6. The molecule has 0 aromatic carbocycles. The number of ether oxygens (including phenoxy) is 1. The lowest BCUT2D eigenvalue weighted by atomic mass is 10.3. The van der Waals surface area contributed by atoms with Crippen molar-refractivity contribution in [1.29, 1.82) is 0 Å². The van der Waals surface area contributed by atoms with E-state index in [2.05, 4.69) is 10.1 Å². The van der Waals surface area contributed by atoms with Crippen molar-refractivity contribution in [3.63, 3.8) is 0 Å². The molecule has 0 spiro atoms. The second-order valence-corrected chi connectivity index (χ2v) is 3.26. The van der Waals surface area contributed by atoms with E-state index in [0.717, 1.165) is 0 Å². The highest BCUT2D eigenvalue weighted by molar-refractivity contribution is 5.05. The second kappa shape index (κ2) is 4.71. The molecule has 0 bridgehead atoms. The van der Waals surface area contributed by atoms with E-state index in [4.69, 9.17) is 9.26 Å². The summed E-state index contributed by atoms with van der Waals surface area (Å²) in [6, 6.07) is 3.15. The van der Waals surface area contributed by atoms with Crippen LogP contribution in [0.15, 0.2) is 34.0 Å². The molecule has 0 saturated carbocycles. The van der Waals surface area contributed by atoms with E-state index in [-0.39, 0.29) is 5.56 Å². The highest BCUT2D eigenvalue weighted by Crippen LogP contribution is 2.05. The van der Waals surface area contributed by atoms with Gasteiger partial charge in [0, 0.05) is 25.4 Å². The first-order valence-electron chi connectivity index (χ1n) is 4.73. The minimum Gasteiger partial charge on any atom is -0.377 e. The van der Waals surface area contributed by atoms with Gasteiger partial charge in [-0.2, -0.15) is 0 Å². The summed E-state index contributed by atoms with van der Waals surface area (Å²) in [5.74, 6) is 0.634. The number of aromatic nitrogens is 3. The summed E-state index contributed by atoms with van der Waals surface area (Å²) in [7, 11) is 1.58. The fourth-order valence-electron chi connectivity index (χ4n) is 1.31. The third-order valence-electron chi connectivity index (χ3n) is 2.02. The summed E-state index contributed by atoms with van der Waals surface area (Å²) < 4.78 is 11.4. The van der Waals surface area contributed by atoms with Gasteiger partial charge in [-0.15, -0.1) is 0 Å². The summed E-state index contributed by atoms with van der Waals surface area (Å²) in [6.07, 6.45) is 2.92. The highest BCUT2D eigenvalue weighted by Gasteiger charge is 2.05. The zero-order valence-electron chi connectivity index (χ0n) is 8.79. The van der Waals surface area contributed by atoms with Crippen LogP contribution in [-0.2, 0) is 17.9 Å². The molecule has 2 heterocycles. The van der Waals surface area contributed by atoms with Crippen molar-refractivity contribution >= 4 is 0 Å². The van der Waals surface area contributed by atoms with Gasteiger partial charge in [0.05, 0.1) is 12.9 Å². The van der Waals surface area contributed by atoms with Crippen LogP contribution in [-0.4, -0.2) is 21.8 Å². The molecule has 0 aliphatic carbocycles. The smallest absolute Gasteiger partial charge is 0.253 e. The van der Waals surface area contributed by atoms with E-state index in [0.29, 0.717) is 24.6 Å². The van der Waals surface area contributed by atoms with Crippen molar-refractivity contribution in [1.82, 2.24) is 14.7 Å². The van der Waals surface area contributed by atoms with Crippen LogP contribution in [0.1, 0.15) is 11.5 Å². The monoisotopic (exact) mass is 221 g/mol. The zero-order chi connectivity index (χ0) is 11.4. The lowest BCUT2D eigenvalue weighted by Crippen LogP contribution is -2.19. The van der Waals surface area contributed by atoms with Gasteiger partial charge in [0.1, 0.15) is 12.3 Å². The standard InChI is InChI=1S/C10H11N3O3/c1-15-6-9-4-8(12-16-9)5-13-7-11-3-2-10(13)14/h2-4,7H,5-6H2,1H3. The number of nitrogens with zero attached hydrogens (tertiary/aromatic N) is 3. The summed E-state index contributed by atoms with van der Waals surface area (Å²) in [5.41, 5.74) is 0.549. The van der Waals surface area contributed by atoms with Crippen LogP contribution in [0.4, 0.5) is 0 Å². The molecule has 2 aromatic rings. The van der Waals surface area contributed by atoms with E-state index in [9.17, 15) is 4.79 Å². The SMILES string of the molecule is COCc1cc(Cn2cnccc2=O)no1. The molecule has 16 heavy (non-hydrogen) atoms. The molecule has 6 nitrogen and oxygen atoms in total. The molecule has 0 radical (unpaired) electrons. The Bertz CT molecular complexity index is 518. The molecule has 0 saturated heterocycles. The minimum absolute atomic E-state index is 0.119. The van der Waals surface area contributed by atoms with Gasteiger partial charge < -0.3 is 9.26 Å². The summed E-state index contributed by atoms with van der Waals surface area (Å²) >= 11 is 0. The van der Waals surface area contributed by atoms with Gasteiger partial charge in [-0.1, -0.05) is 5.16 Å². The Labute approximate surface area is 91.5 Å². The van der Waals surface area contributed by atoms with Crippen molar-refractivity contribution in [3.8, 4) is 0 Å². The number of methoxy groups -OCH3 is 1. The molecular weight excluding hydrogens is 210 g/mol. The molecule has 6 heteroatoms. The van der Waals surface area contributed by atoms with Gasteiger partial charge in [-0.05, 0) is 0 Å². The average molecular weight is 221 g/mol. The largest absolute Gasteiger partial charge is 0.377 e. The topological polar surface area (TPSA) is 70.2 Å². The fraction of sp³-hybridized carbons (Fsp3) is 0.300. The Morgan fingerprint density at radius 3 is 3.19 bits per heavy atom. The van der Waals surface area contributed by atoms with E-state index < -0.39 is 0 Å². The van der Waals surface area contributed by atoms with Crippen molar-refractivity contribution in [2.75, 3.05) is 7.11 Å². The fourth-order valence-corrected chi connectivity index (χ4v) is 1.31. The molecule has 0 aliphatic rings. The minimum atomic E-state index is -0.119. The molecule has 0 amide bonds. The van der Waals surface area contributed by atoms with Crippen molar-refractivity contribution in [2.45, 2.75) is 13.2 Å². The highest BCUT2D eigenvalue weighted by atomic mass is 16.5. The third-order valence-corrected chi connectivity index (χ3v) is 2.02. The van der Waals surface area contributed by atoms with Crippen LogP contribution in [0.25, 0.3) is 0 Å². The van der Waals surface area contributed by atoms with Gasteiger partial charge in [0.2, 0.25) is 0 Å². The van der Waals surface area contributed by atoms with Crippen LogP contribution in [0.3, 0.4) is 0 Å². The third kappa shape index (κ3) is 2.34. The van der Waals surface area contributed by atoms with Crippen molar-refractivity contribution < 1.29 is 9.26 Å². The Hall–Kier alpha value is -1.95. The first kappa shape index (κ1) is 10.6. The number of rotatable bonds is 4. The second-order valence-electron chi connectivity index (χ2n) is 3.26. The van der Waals surface area contributed by atoms with Crippen molar-refractivity contribution in [2.24, 2.45) is 0 Å². The van der Waals surface area contributed by atoms with Crippen LogP contribution in [0, 0.1) is 0 Å². The maximum absolute atomic E-state index is 11.4. The molecule has 0 atom stereocenters. The van der Waals surface area contributed by atoms with Crippen LogP contribution >= 0.6 is 0 Å². The van der Waals surface area contributed by atoms with Crippen LogP contribution in [0.2, 0.25) is 0 Å². The Balaban J connectivity index is 2.15. The van der Waals surface area contributed by atoms with Gasteiger partial charge in [0.25, 0.3) is 5.56 Å². The lowest BCUT2D eigenvalue weighted by Gasteiger charge is -1.99. The predicted molar refractivity (Wildman–Crippen MR) is 54.8 cm³/mol.